The summed E-state index contributed by atoms with van der Waals surface area (Å²) in [5.74, 6) is 0.0114. The van der Waals surface area contributed by atoms with Gasteiger partial charge in [-0.2, -0.15) is 0 Å². The number of benzene rings is 2. The van der Waals surface area contributed by atoms with E-state index in [1.807, 2.05) is 24.3 Å². The molecule has 1 heterocycles. The van der Waals surface area contributed by atoms with Gasteiger partial charge in [0.1, 0.15) is 0 Å². The minimum atomic E-state index is 0. The average Bonchev–Trinajstić information content (AvgIpc) is 2.65. The molecule has 2 atom stereocenters. The van der Waals surface area contributed by atoms with Crippen molar-refractivity contribution < 1.29 is 4.79 Å². The van der Waals surface area contributed by atoms with Crippen LogP contribution in [0.5, 0.6) is 0 Å². The van der Waals surface area contributed by atoms with E-state index >= 15 is 0 Å². The Hall–Kier alpha value is -1.88. The maximum Gasteiger partial charge on any atom is 0.251 e. The van der Waals surface area contributed by atoms with Crippen LogP contribution in [0, 0.1) is 0 Å². The number of rotatable bonds is 5. The summed E-state index contributed by atoms with van der Waals surface area (Å²) in [6, 6.07) is 18.8. The van der Waals surface area contributed by atoms with Gasteiger partial charge in [0, 0.05) is 37.3 Å². The van der Waals surface area contributed by atoms with Crippen molar-refractivity contribution in [3.63, 3.8) is 0 Å². The van der Waals surface area contributed by atoms with Crippen LogP contribution in [-0.4, -0.2) is 29.4 Å². The number of nitrogens with zero attached hydrogens (tertiary/aromatic N) is 1. The van der Waals surface area contributed by atoms with E-state index in [2.05, 4.69) is 47.5 Å². The van der Waals surface area contributed by atoms with Gasteiger partial charge in [0.15, 0.2) is 0 Å². The molecule has 4 nitrogen and oxygen atoms in total. The van der Waals surface area contributed by atoms with Crippen LogP contribution in [0.1, 0.15) is 41.3 Å². The van der Waals surface area contributed by atoms with E-state index in [-0.39, 0.29) is 24.4 Å². The molecule has 1 saturated heterocycles. The molecule has 0 saturated carbocycles. The first-order valence-corrected chi connectivity index (χ1v) is 9.03. The lowest BCUT2D eigenvalue weighted by Crippen LogP contribution is -2.48. The summed E-state index contributed by atoms with van der Waals surface area (Å²) in [5, 5.41) is 3.19. The Labute approximate surface area is 162 Å². The highest BCUT2D eigenvalue weighted by Crippen LogP contribution is 2.20. The molecule has 1 aliphatic heterocycles. The number of carbonyl (C=O) groups is 1. The van der Waals surface area contributed by atoms with Crippen LogP contribution < -0.4 is 11.1 Å². The molecular formula is C21H28ClN3O. The number of likely N-dealkylation sites (tertiary alicyclic amines) is 1. The highest BCUT2D eigenvalue weighted by molar-refractivity contribution is 5.94. The maximum absolute atomic E-state index is 12.4. The Morgan fingerprint density at radius 2 is 1.81 bits per heavy atom. The Kier molecular flexibility index (Phi) is 7.64. The monoisotopic (exact) mass is 373 g/mol. The minimum Gasteiger partial charge on any atom is -0.349 e. The van der Waals surface area contributed by atoms with E-state index in [1.165, 1.54) is 5.56 Å². The van der Waals surface area contributed by atoms with Crippen molar-refractivity contribution in [1.29, 1.82) is 0 Å². The van der Waals surface area contributed by atoms with Crippen LogP contribution in [-0.2, 0) is 13.1 Å². The van der Waals surface area contributed by atoms with E-state index in [0.717, 1.165) is 31.5 Å². The van der Waals surface area contributed by atoms with Crippen LogP contribution in [0.15, 0.2) is 54.6 Å². The zero-order valence-corrected chi connectivity index (χ0v) is 16.0. The standard InChI is InChI=1S/C21H27N3O.ClH/c1-16-13-20(11-12-24(16)15-18-5-3-2-4-6-18)23-21(25)19-9-7-17(14-22)8-10-19;/h2-10,16,20H,11-15,22H2,1H3,(H,23,25);1H. The predicted octanol–water partition coefficient (Wildman–Crippen LogP) is 3.35. The van der Waals surface area contributed by atoms with Crippen molar-refractivity contribution in [1.82, 2.24) is 10.2 Å². The number of piperidine rings is 1. The highest BCUT2D eigenvalue weighted by Gasteiger charge is 2.26. The first kappa shape index (κ1) is 20.4. The third-order valence-corrected chi connectivity index (χ3v) is 5.03. The lowest BCUT2D eigenvalue weighted by atomic mass is 9.97. The van der Waals surface area contributed by atoms with Gasteiger partial charge in [0.05, 0.1) is 0 Å². The lowest BCUT2D eigenvalue weighted by molar-refractivity contribution is 0.0866. The summed E-state index contributed by atoms with van der Waals surface area (Å²) in [6.45, 7) is 4.73. The molecule has 0 spiro atoms. The summed E-state index contributed by atoms with van der Waals surface area (Å²) >= 11 is 0. The molecule has 2 aromatic carbocycles. The van der Waals surface area contributed by atoms with Gasteiger partial charge in [0.25, 0.3) is 5.91 Å². The Bertz CT molecular complexity index is 690. The lowest BCUT2D eigenvalue weighted by Gasteiger charge is -2.38. The van der Waals surface area contributed by atoms with E-state index < -0.39 is 0 Å². The Morgan fingerprint density at radius 1 is 1.12 bits per heavy atom. The molecule has 3 rings (SSSR count). The largest absolute Gasteiger partial charge is 0.349 e. The van der Waals surface area contributed by atoms with Gasteiger partial charge in [-0.05, 0) is 43.0 Å². The molecule has 1 aliphatic rings. The molecule has 0 bridgehead atoms. The molecule has 1 fully saturated rings. The maximum atomic E-state index is 12.4. The molecule has 0 aliphatic carbocycles. The van der Waals surface area contributed by atoms with Gasteiger partial charge in [0.2, 0.25) is 0 Å². The van der Waals surface area contributed by atoms with Gasteiger partial charge in [-0.1, -0.05) is 42.5 Å². The highest BCUT2D eigenvalue weighted by atomic mass is 35.5. The second-order valence-corrected chi connectivity index (χ2v) is 6.90. The number of hydrogen-bond donors (Lipinski definition) is 2. The molecule has 2 aromatic rings. The summed E-state index contributed by atoms with van der Waals surface area (Å²) in [7, 11) is 0. The quantitative estimate of drug-likeness (QED) is 0.844. The van der Waals surface area contributed by atoms with E-state index in [4.69, 9.17) is 5.73 Å². The second-order valence-electron chi connectivity index (χ2n) is 6.90. The molecule has 3 N–H and O–H groups in total. The normalized spacial score (nSPS) is 20.2. The number of hydrogen-bond acceptors (Lipinski definition) is 3. The van der Waals surface area contributed by atoms with Crippen LogP contribution in [0.2, 0.25) is 0 Å². The molecule has 1 amide bonds. The fourth-order valence-corrected chi connectivity index (χ4v) is 3.47. The van der Waals surface area contributed by atoms with Crippen molar-refractivity contribution in [3.8, 4) is 0 Å². The second kappa shape index (κ2) is 9.72. The van der Waals surface area contributed by atoms with Crippen molar-refractivity contribution in [2.24, 2.45) is 5.73 Å². The zero-order valence-electron chi connectivity index (χ0n) is 15.2. The van der Waals surface area contributed by atoms with Crippen LogP contribution in [0.4, 0.5) is 0 Å². The smallest absolute Gasteiger partial charge is 0.251 e. The third kappa shape index (κ3) is 5.31. The van der Waals surface area contributed by atoms with Crippen LogP contribution in [0.3, 0.4) is 0 Å². The number of carbonyl (C=O) groups excluding carboxylic acids is 1. The molecule has 0 radical (unpaired) electrons. The summed E-state index contributed by atoms with van der Waals surface area (Å²) < 4.78 is 0. The first-order valence-electron chi connectivity index (χ1n) is 9.03. The number of nitrogens with two attached hydrogens (primary N) is 1. The van der Waals surface area contributed by atoms with Gasteiger partial charge >= 0.3 is 0 Å². The van der Waals surface area contributed by atoms with Crippen LogP contribution in [0.25, 0.3) is 0 Å². The molecule has 0 aromatic heterocycles. The van der Waals surface area contributed by atoms with Crippen molar-refractivity contribution >= 4 is 18.3 Å². The number of halogens is 1. The summed E-state index contributed by atoms with van der Waals surface area (Å²) in [4.78, 5) is 14.9. The summed E-state index contributed by atoms with van der Waals surface area (Å²) in [5.41, 5.74) is 8.69. The number of amides is 1. The zero-order chi connectivity index (χ0) is 17.6. The predicted molar refractivity (Wildman–Crippen MR) is 108 cm³/mol. The van der Waals surface area contributed by atoms with Gasteiger partial charge in [-0.25, -0.2) is 0 Å². The fourth-order valence-electron chi connectivity index (χ4n) is 3.47. The SMILES string of the molecule is CC1CC(NC(=O)c2ccc(CN)cc2)CCN1Cc1ccccc1.Cl. The fraction of sp³-hybridized carbons (Fsp3) is 0.381. The first-order chi connectivity index (χ1) is 12.2. The van der Waals surface area contributed by atoms with Crippen LogP contribution >= 0.6 is 12.4 Å². The van der Waals surface area contributed by atoms with E-state index in [9.17, 15) is 4.79 Å². The molecular weight excluding hydrogens is 346 g/mol. The van der Waals surface area contributed by atoms with Gasteiger partial charge < -0.3 is 11.1 Å². The Morgan fingerprint density at radius 3 is 2.42 bits per heavy atom. The van der Waals surface area contributed by atoms with E-state index in [1.54, 1.807) is 0 Å². The van der Waals surface area contributed by atoms with Crippen molar-refractivity contribution in [2.45, 2.75) is 44.9 Å². The third-order valence-electron chi connectivity index (χ3n) is 5.03. The number of nitrogens with one attached hydrogen (secondary N) is 1. The van der Waals surface area contributed by atoms with Gasteiger partial charge in [-0.3, -0.25) is 9.69 Å². The molecule has 5 heteroatoms. The average molecular weight is 374 g/mol. The van der Waals surface area contributed by atoms with Crippen molar-refractivity contribution in [2.75, 3.05) is 6.54 Å². The van der Waals surface area contributed by atoms with Gasteiger partial charge in [-0.15, -0.1) is 12.4 Å². The van der Waals surface area contributed by atoms with E-state index in [0.29, 0.717) is 18.2 Å². The minimum absolute atomic E-state index is 0. The molecule has 26 heavy (non-hydrogen) atoms. The van der Waals surface area contributed by atoms with Crippen molar-refractivity contribution in [3.05, 3.63) is 71.3 Å². The Balaban J connectivity index is 0.00000243. The summed E-state index contributed by atoms with van der Waals surface area (Å²) in [6.07, 6.45) is 1.98. The molecule has 2 unspecified atom stereocenters. The topological polar surface area (TPSA) is 58.4 Å². The molecule has 140 valence electrons.